The first-order valence-electron chi connectivity index (χ1n) is 6.02. The number of benzene rings is 2. The molecule has 0 unspecified atom stereocenters. The second-order valence-corrected chi connectivity index (χ2v) is 4.19. The maximum Gasteiger partial charge on any atom is 0.270 e. The predicted molar refractivity (Wildman–Crippen MR) is 74.2 cm³/mol. The Kier molecular flexibility index (Phi) is 3.96. The molecule has 2 aromatic carbocycles. The Balaban J connectivity index is 2.45. The van der Waals surface area contributed by atoms with Crippen molar-refractivity contribution in [1.82, 2.24) is 0 Å². The van der Waals surface area contributed by atoms with Crippen LogP contribution in [0.1, 0.15) is 6.92 Å². The largest absolute Gasteiger partial charge is 0.475 e. The minimum atomic E-state index is -0.588. The fourth-order valence-electron chi connectivity index (χ4n) is 1.81. The van der Waals surface area contributed by atoms with E-state index in [4.69, 9.17) is 10.00 Å². The molecule has 0 fully saturated rings. The molecule has 5 nitrogen and oxygen atoms in total. The van der Waals surface area contributed by atoms with Crippen molar-refractivity contribution in [3.63, 3.8) is 0 Å². The van der Waals surface area contributed by atoms with Gasteiger partial charge in [0.1, 0.15) is 11.8 Å². The number of nitro benzene ring substituents is 1. The van der Waals surface area contributed by atoms with Crippen LogP contribution in [0.3, 0.4) is 0 Å². The molecule has 0 saturated carbocycles. The summed E-state index contributed by atoms with van der Waals surface area (Å²) in [5, 5.41) is 19.6. The number of hydrogen-bond donors (Lipinski definition) is 0. The summed E-state index contributed by atoms with van der Waals surface area (Å²) in [6.07, 6.45) is -0.588. The average Bonchev–Trinajstić information content (AvgIpc) is 2.47. The molecule has 0 spiro atoms. The van der Waals surface area contributed by atoms with Gasteiger partial charge in [0.05, 0.1) is 4.92 Å². The molecule has 0 aliphatic rings. The van der Waals surface area contributed by atoms with Crippen molar-refractivity contribution in [3.8, 4) is 22.9 Å². The van der Waals surface area contributed by atoms with Crippen molar-refractivity contribution in [2.24, 2.45) is 0 Å². The zero-order chi connectivity index (χ0) is 14.5. The lowest BCUT2D eigenvalue weighted by molar-refractivity contribution is -0.384. The quantitative estimate of drug-likeness (QED) is 0.627. The molecule has 0 heterocycles. The number of hydrogen-bond acceptors (Lipinski definition) is 4. The number of non-ortho nitro benzene ring substituents is 1. The van der Waals surface area contributed by atoms with Crippen molar-refractivity contribution in [3.05, 3.63) is 58.6 Å². The Hall–Kier alpha value is -2.87. The molecule has 0 radical (unpaired) electrons. The van der Waals surface area contributed by atoms with Gasteiger partial charge in [-0.05, 0) is 18.6 Å². The maximum absolute atomic E-state index is 10.8. The first-order valence-corrected chi connectivity index (χ1v) is 6.02. The van der Waals surface area contributed by atoms with Crippen molar-refractivity contribution in [1.29, 1.82) is 5.26 Å². The summed E-state index contributed by atoms with van der Waals surface area (Å²) in [5.74, 6) is 0.530. The van der Waals surface area contributed by atoms with E-state index in [1.54, 1.807) is 37.3 Å². The molecule has 5 heteroatoms. The molecule has 0 aliphatic heterocycles. The molecule has 0 amide bonds. The number of nitriles is 1. The number of rotatable bonds is 4. The van der Waals surface area contributed by atoms with Gasteiger partial charge in [-0.2, -0.15) is 5.26 Å². The predicted octanol–water partition coefficient (Wildman–Crippen LogP) is 3.55. The Morgan fingerprint density at radius 2 is 2.00 bits per heavy atom. The van der Waals surface area contributed by atoms with Gasteiger partial charge in [0, 0.05) is 17.7 Å². The van der Waals surface area contributed by atoms with Crippen LogP contribution >= 0.6 is 0 Å². The molecule has 0 aliphatic carbocycles. The SMILES string of the molecule is C[C@H](C#N)Oc1ccccc1-c1cccc([N+](=O)[O-])c1. The molecular formula is C15H12N2O3. The molecular weight excluding hydrogens is 256 g/mol. The van der Waals surface area contributed by atoms with Gasteiger partial charge in [-0.3, -0.25) is 10.1 Å². The third kappa shape index (κ3) is 2.93. The summed E-state index contributed by atoms with van der Waals surface area (Å²) in [6, 6.07) is 15.5. The van der Waals surface area contributed by atoms with E-state index < -0.39 is 11.0 Å². The first kappa shape index (κ1) is 13.6. The molecule has 2 rings (SSSR count). The molecule has 0 aromatic heterocycles. The molecule has 1 atom stereocenters. The normalized spacial score (nSPS) is 11.4. The third-order valence-electron chi connectivity index (χ3n) is 2.74. The van der Waals surface area contributed by atoms with Crippen LogP contribution in [0.4, 0.5) is 5.69 Å². The van der Waals surface area contributed by atoms with Crippen molar-refractivity contribution in [2.75, 3.05) is 0 Å². The zero-order valence-electron chi connectivity index (χ0n) is 10.8. The Bertz CT molecular complexity index is 677. The fourth-order valence-corrected chi connectivity index (χ4v) is 1.81. The van der Waals surface area contributed by atoms with Crippen LogP contribution in [0.25, 0.3) is 11.1 Å². The van der Waals surface area contributed by atoms with E-state index in [9.17, 15) is 10.1 Å². The number of ether oxygens (including phenoxy) is 1. The van der Waals surface area contributed by atoms with Gasteiger partial charge >= 0.3 is 0 Å². The summed E-state index contributed by atoms with van der Waals surface area (Å²) in [5.41, 5.74) is 1.42. The fraction of sp³-hybridized carbons (Fsp3) is 0.133. The second kappa shape index (κ2) is 5.85. The highest BCUT2D eigenvalue weighted by atomic mass is 16.6. The zero-order valence-corrected chi connectivity index (χ0v) is 10.8. The summed E-state index contributed by atoms with van der Waals surface area (Å²) >= 11 is 0. The highest BCUT2D eigenvalue weighted by Crippen LogP contribution is 2.32. The molecule has 20 heavy (non-hydrogen) atoms. The van der Waals surface area contributed by atoms with Crippen LogP contribution in [0.2, 0.25) is 0 Å². The topological polar surface area (TPSA) is 76.2 Å². The number of nitro groups is 1. The van der Waals surface area contributed by atoms with Gasteiger partial charge in [0.15, 0.2) is 6.10 Å². The average molecular weight is 268 g/mol. The molecule has 2 aromatic rings. The van der Waals surface area contributed by atoms with Gasteiger partial charge in [-0.15, -0.1) is 0 Å². The number of para-hydroxylation sites is 1. The van der Waals surface area contributed by atoms with Crippen LogP contribution in [-0.4, -0.2) is 11.0 Å². The lowest BCUT2D eigenvalue weighted by Crippen LogP contribution is -2.08. The smallest absolute Gasteiger partial charge is 0.270 e. The summed E-state index contributed by atoms with van der Waals surface area (Å²) in [7, 11) is 0. The summed E-state index contributed by atoms with van der Waals surface area (Å²) in [4.78, 5) is 10.4. The first-order chi connectivity index (χ1) is 9.61. The Morgan fingerprint density at radius 1 is 1.25 bits per heavy atom. The Morgan fingerprint density at radius 3 is 2.70 bits per heavy atom. The maximum atomic E-state index is 10.8. The molecule has 100 valence electrons. The van der Waals surface area contributed by atoms with E-state index in [-0.39, 0.29) is 5.69 Å². The van der Waals surface area contributed by atoms with E-state index in [0.29, 0.717) is 11.3 Å². The summed E-state index contributed by atoms with van der Waals surface area (Å²) in [6.45, 7) is 1.64. The van der Waals surface area contributed by atoms with Gasteiger partial charge in [-0.25, -0.2) is 0 Å². The lowest BCUT2D eigenvalue weighted by Gasteiger charge is -2.12. The Labute approximate surface area is 116 Å². The molecule has 0 bridgehead atoms. The lowest BCUT2D eigenvalue weighted by atomic mass is 10.0. The van der Waals surface area contributed by atoms with E-state index >= 15 is 0 Å². The van der Waals surface area contributed by atoms with Crippen molar-refractivity contribution < 1.29 is 9.66 Å². The van der Waals surface area contributed by atoms with Crippen LogP contribution in [0.15, 0.2) is 48.5 Å². The monoisotopic (exact) mass is 268 g/mol. The van der Waals surface area contributed by atoms with E-state index in [2.05, 4.69) is 0 Å². The summed E-state index contributed by atoms with van der Waals surface area (Å²) < 4.78 is 5.52. The highest BCUT2D eigenvalue weighted by molar-refractivity contribution is 5.72. The third-order valence-corrected chi connectivity index (χ3v) is 2.74. The highest BCUT2D eigenvalue weighted by Gasteiger charge is 2.12. The van der Waals surface area contributed by atoms with E-state index in [0.717, 1.165) is 5.56 Å². The van der Waals surface area contributed by atoms with Crippen LogP contribution in [0.5, 0.6) is 5.75 Å². The molecule has 0 N–H and O–H groups in total. The standard InChI is InChI=1S/C15H12N2O3/c1-11(10-16)20-15-8-3-2-7-14(15)12-5-4-6-13(9-12)17(18)19/h2-9,11H,1H3/t11-/m1/s1. The van der Waals surface area contributed by atoms with Crippen molar-refractivity contribution >= 4 is 5.69 Å². The van der Waals surface area contributed by atoms with E-state index in [1.807, 2.05) is 12.1 Å². The second-order valence-electron chi connectivity index (χ2n) is 4.19. The molecule has 0 saturated heterocycles. The van der Waals surface area contributed by atoms with Crippen LogP contribution in [0, 0.1) is 21.4 Å². The van der Waals surface area contributed by atoms with Gasteiger partial charge in [-0.1, -0.05) is 30.3 Å². The minimum Gasteiger partial charge on any atom is -0.475 e. The van der Waals surface area contributed by atoms with Gasteiger partial charge < -0.3 is 4.74 Å². The van der Waals surface area contributed by atoms with Gasteiger partial charge in [0.2, 0.25) is 0 Å². The van der Waals surface area contributed by atoms with Crippen molar-refractivity contribution in [2.45, 2.75) is 13.0 Å². The van der Waals surface area contributed by atoms with Crippen LogP contribution in [-0.2, 0) is 0 Å². The number of nitrogens with zero attached hydrogens (tertiary/aromatic N) is 2. The van der Waals surface area contributed by atoms with Gasteiger partial charge in [0.25, 0.3) is 5.69 Å². The van der Waals surface area contributed by atoms with E-state index in [1.165, 1.54) is 12.1 Å². The van der Waals surface area contributed by atoms with Crippen LogP contribution < -0.4 is 4.74 Å². The minimum absolute atomic E-state index is 0.0191.